The van der Waals surface area contributed by atoms with Crippen molar-refractivity contribution < 1.29 is 13.2 Å². The molecule has 0 spiro atoms. The quantitative estimate of drug-likeness (QED) is 0.451. The Morgan fingerprint density at radius 1 is 1.43 bits per heavy atom. The van der Waals surface area contributed by atoms with Gasteiger partial charge in [0.05, 0.1) is 19.1 Å². The normalized spacial score (nSPS) is 11.3. The van der Waals surface area contributed by atoms with E-state index >= 15 is 0 Å². The molecule has 2 aromatic rings. The maximum Gasteiger partial charge on any atom is 0.319 e. The number of rotatable bonds is 5. The monoisotopic (exact) mass is 411 g/mol. The molecular formula is C12H16F2IN5O. The Kier molecular flexibility index (Phi) is 7.12. The number of nitrogens with one attached hydrogen (secondary N) is 2. The van der Waals surface area contributed by atoms with Gasteiger partial charge in [-0.15, -0.1) is 24.0 Å². The summed E-state index contributed by atoms with van der Waals surface area (Å²) < 4.78 is 31.0. The Labute approximate surface area is 137 Å². The molecule has 2 N–H and O–H groups in total. The number of aliphatic imine (C=N–C) groups is 1. The first-order valence-corrected chi connectivity index (χ1v) is 5.96. The third-order valence-corrected chi connectivity index (χ3v) is 2.64. The molecule has 0 aromatic carbocycles. The van der Waals surface area contributed by atoms with E-state index in [0.29, 0.717) is 12.5 Å². The minimum absolute atomic E-state index is 0. The van der Waals surface area contributed by atoms with Crippen LogP contribution in [0, 0.1) is 0 Å². The second kappa shape index (κ2) is 8.60. The fraction of sp³-hybridized carbons (Fsp3) is 0.333. The average molecular weight is 411 g/mol. The van der Waals surface area contributed by atoms with Gasteiger partial charge in [0, 0.05) is 31.5 Å². The molecule has 2 rings (SSSR count). The lowest BCUT2D eigenvalue weighted by Gasteiger charge is -2.12. The van der Waals surface area contributed by atoms with Crippen LogP contribution in [0.5, 0.6) is 0 Å². The second-order valence-corrected chi connectivity index (χ2v) is 3.94. The molecule has 21 heavy (non-hydrogen) atoms. The summed E-state index contributed by atoms with van der Waals surface area (Å²) in [7, 11) is 1.60. The molecule has 0 atom stereocenters. The molecule has 0 aliphatic heterocycles. The number of hydrogen-bond acceptors (Lipinski definition) is 3. The van der Waals surface area contributed by atoms with E-state index in [2.05, 4.69) is 20.6 Å². The fourth-order valence-electron chi connectivity index (χ4n) is 1.62. The molecule has 2 heterocycles. The van der Waals surface area contributed by atoms with Crippen molar-refractivity contribution in [3.8, 4) is 0 Å². The molecule has 116 valence electrons. The first-order valence-electron chi connectivity index (χ1n) is 5.96. The van der Waals surface area contributed by atoms with Gasteiger partial charge in [0.25, 0.3) is 0 Å². The molecule has 0 radical (unpaired) electrons. The van der Waals surface area contributed by atoms with Crippen LogP contribution in [0.2, 0.25) is 0 Å². The lowest BCUT2D eigenvalue weighted by Crippen LogP contribution is -2.36. The highest BCUT2D eigenvalue weighted by Gasteiger charge is 2.11. The largest absolute Gasteiger partial charge is 0.472 e. The van der Waals surface area contributed by atoms with Gasteiger partial charge >= 0.3 is 6.55 Å². The van der Waals surface area contributed by atoms with E-state index in [1.807, 2.05) is 6.07 Å². The topological polar surface area (TPSA) is 67.4 Å². The molecule has 9 heteroatoms. The lowest BCUT2D eigenvalue weighted by molar-refractivity contribution is 0.0668. The highest BCUT2D eigenvalue weighted by molar-refractivity contribution is 14.0. The van der Waals surface area contributed by atoms with Crippen LogP contribution >= 0.6 is 24.0 Å². The summed E-state index contributed by atoms with van der Waals surface area (Å²) in [6, 6.07) is 1.82. The average Bonchev–Trinajstić information content (AvgIpc) is 3.09. The van der Waals surface area contributed by atoms with E-state index < -0.39 is 6.55 Å². The Balaban J connectivity index is 0.00000220. The van der Waals surface area contributed by atoms with Crippen LogP contribution in [0.25, 0.3) is 0 Å². The van der Waals surface area contributed by atoms with E-state index in [-0.39, 0.29) is 36.3 Å². The molecule has 0 aliphatic carbocycles. The van der Waals surface area contributed by atoms with Crippen molar-refractivity contribution in [1.82, 2.24) is 20.2 Å². The summed E-state index contributed by atoms with van der Waals surface area (Å²) in [5.41, 5.74) is 0.960. The first-order chi connectivity index (χ1) is 9.70. The van der Waals surface area contributed by atoms with Gasteiger partial charge in [-0.25, -0.2) is 4.98 Å². The summed E-state index contributed by atoms with van der Waals surface area (Å²) in [6.07, 6.45) is 5.77. The molecule has 0 unspecified atom stereocenters. The van der Waals surface area contributed by atoms with Gasteiger partial charge in [0.15, 0.2) is 5.96 Å². The van der Waals surface area contributed by atoms with Crippen molar-refractivity contribution >= 4 is 29.9 Å². The number of aromatic nitrogens is 2. The van der Waals surface area contributed by atoms with E-state index in [4.69, 9.17) is 4.42 Å². The minimum atomic E-state index is -2.60. The molecule has 2 aromatic heterocycles. The maximum atomic E-state index is 12.6. The standard InChI is InChI=1S/C12H15F2N5O.HI/c1-15-12(17-6-9-2-5-20-8-9)18-7-10-16-3-4-19(10)11(13)14;/h2-5,8,11H,6-7H2,1H3,(H2,15,17,18);1H. The van der Waals surface area contributed by atoms with Gasteiger partial charge in [0.1, 0.15) is 5.82 Å². The highest BCUT2D eigenvalue weighted by atomic mass is 127. The van der Waals surface area contributed by atoms with Crippen LogP contribution in [-0.2, 0) is 13.1 Å². The van der Waals surface area contributed by atoms with E-state index in [0.717, 1.165) is 10.1 Å². The van der Waals surface area contributed by atoms with Gasteiger partial charge in [-0.1, -0.05) is 0 Å². The number of alkyl halides is 2. The third-order valence-electron chi connectivity index (χ3n) is 2.64. The molecule has 0 fully saturated rings. The predicted octanol–water partition coefficient (Wildman–Crippen LogP) is 2.35. The zero-order valence-electron chi connectivity index (χ0n) is 11.3. The van der Waals surface area contributed by atoms with Gasteiger partial charge in [-0.05, 0) is 6.07 Å². The second-order valence-electron chi connectivity index (χ2n) is 3.94. The van der Waals surface area contributed by atoms with Gasteiger partial charge in [-0.2, -0.15) is 8.78 Å². The molecule has 0 amide bonds. The summed E-state index contributed by atoms with van der Waals surface area (Å²) in [4.78, 5) is 7.88. The third kappa shape index (κ3) is 4.99. The van der Waals surface area contributed by atoms with Crippen molar-refractivity contribution in [2.24, 2.45) is 4.99 Å². The Morgan fingerprint density at radius 3 is 2.81 bits per heavy atom. The fourth-order valence-corrected chi connectivity index (χ4v) is 1.62. The number of nitrogens with zero attached hydrogens (tertiary/aromatic N) is 3. The zero-order chi connectivity index (χ0) is 14.4. The van der Waals surface area contributed by atoms with Gasteiger partial charge in [0.2, 0.25) is 0 Å². The van der Waals surface area contributed by atoms with Crippen molar-refractivity contribution in [2.75, 3.05) is 7.05 Å². The van der Waals surface area contributed by atoms with Crippen LogP contribution in [-0.4, -0.2) is 22.6 Å². The van der Waals surface area contributed by atoms with Crippen molar-refractivity contribution in [2.45, 2.75) is 19.6 Å². The van der Waals surface area contributed by atoms with Crippen LogP contribution in [0.1, 0.15) is 17.9 Å². The molecule has 0 aliphatic rings. The van der Waals surface area contributed by atoms with Crippen LogP contribution in [0.15, 0.2) is 40.4 Å². The minimum Gasteiger partial charge on any atom is -0.472 e. The molecular weight excluding hydrogens is 395 g/mol. The van der Waals surface area contributed by atoms with Crippen molar-refractivity contribution in [3.63, 3.8) is 0 Å². The maximum absolute atomic E-state index is 12.6. The van der Waals surface area contributed by atoms with Gasteiger partial charge < -0.3 is 15.1 Å². The SMILES string of the molecule is CN=C(NCc1ccoc1)NCc1nccn1C(F)F.I. The highest BCUT2D eigenvalue weighted by Crippen LogP contribution is 2.11. The number of halogens is 3. The zero-order valence-corrected chi connectivity index (χ0v) is 13.6. The van der Waals surface area contributed by atoms with Gasteiger partial charge in [-0.3, -0.25) is 9.56 Å². The lowest BCUT2D eigenvalue weighted by atomic mass is 10.3. The number of hydrogen-bond donors (Lipinski definition) is 2. The smallest absolute Gasteiger partial charge is 0.319 e. The number of guanidine groups is 1. The Bertz CT molecular complexity index is 556. The summed E-state index contributed by atoms with van der Waals surface area (Å²) in [5.74, 6) is 0.737. The predicted molar refractivity (Wildman–Crippen MR) is 84.6 cm³/mol. The van der Waals surface area contributed by atoms with Crippen LogP contribution in [0.4, 0.5) is 8.78 Å². The summed E-state index contributed by atoms with van der Waals surface area (Å²) in [6.45, 7) is -1.92. The van der Waals surface area contributed by atoms with Crippen molar-refractivity contribution in [1.29, 1.82) is 0 Å². The summed E-state index contributed by atoms with van der Waals surface area (Å²) in [5, 5.41) is 5.96. The van der Waals surface area contributed by atoms with Crippen LogP contribution < -0.4 is 10.6 Å². The molecule has 0 saturated carbocycles. The van der Waals surface area contributed by atoms with Crippen molar-refractivity contribution in [3.05, 3.63) is 42.4 Å². The first kappa shape index (κ1) is 17.4. The molecule has 0 saturated heterocycles. The van der Waals surface area contributed by atoms with E-state index in [1.54, 1.807) is 19.6 Å². The summed E-state index contributed by atoms with van der Waals surface area (Å²) >= 11 is 0. The Hall–Kier alpha value is -1.65. The number of furan rings is 1. The number of imidazole rings is 1. The van der Waals surface area contributed by atoms with Crippen LogP contribution in [0.3, 0.4) is 0 Å². The molecule has 0 bridgehead atoms. The van der Waals surface area contributed by atoms with E-state index in [1.165, 1.54) is 12.4 Å². The Morgan fingerprint density at radius 2 is 2.19 bits per heavy atom. The molecule has 6 nitrogen and oxygen atoms in total. The van der Waals surface area contributed by atoms with E-state index in [9.17, 15) is 8.78 Å².